The maximum Gasteiger partial charge on any atom is 0.330 e. The minimum absolute atomic E-state index is 0.0791. The standard InChI is InChI=1S/C17H17Cl2NO3/c1-2-17(22)23-13-7-9-20(10-8-13)16(21)6-4-12-3-5-14(18)15(19)11-12/h2-6,11,13H,1,7-10H2/b6-4+. The van der Waals surface area contributed by atoms with Gasteiger partial charge in [0.2, 0.25) is 5.91 Å². The van der Waals surface area contributed by atoms with Crippen LogP contribution in [-0.4, -0.2) is 36.0 Å². The quantitative estimate of drug-likeness (QED) is 0.612. The molecule has 1 aromatic carbocycles. The normalized spacial score (nSPS) is 15.7. The van der Waals surface area contributed by atoms with Crippen LogP contribution in [0.3, 0.4) is 0 Å². The zero-order valence-electron chi connectivity index (χ0n) is 12.5. The van der Waals surface area contributed by atoms with E-state index in [-0.39, 0.29) is 12.0 Å². The van der Waals surface area contributed by atoms with Crippen LogP contribution in [0, 0.1) is 0 Å². The van der Waals surface area contributed by atoms with E-state index in [0.29, 0.717) is 36.0 Å². The molecule has 0 bridgehead atoms. The fraction of sp³-hybridized carbons (Fsp3) is 0.294. The summed E-state index contributed by atoms with van der Waals surface area (Å²) >= 11 is 11.8. The molecule has 1 fully saturated rings. The summed E-state index contributed by atoms with van der Waals surface area (Å²) in [6.45, 7) is 4.48. The molecule has 0 saturated carbocycles. The van der Waals surface area contributed by atoms with E-state index in [0.717, 1.165) is 11.6 Å². The van der Waals surface area contributed by atoms with E-state index in [4.69, 9.17) is 27.9 Å². The van der Waals surface area contributed by atoms with E-state index in [2.05, 4.69) is 6.58 Å². The van der Waals surface area contributed by atoms with Crippen LogP contribution in [0.1, 0.15) is 18.4 Å². The van der Waals surface area contributed by atoms with Gasteiger partial charge in [0.05, 0.1) is 10.0 Å². The van der Waals surface area contributed by atoms with E-state index in [1.807, 2.05) is 0 Å². The number of halogens is 2. The molecule has 1 amide bonds. The van der Waals surface area contributed by atoms with Gasteiger partial charge in [-0.2, -0.15) is 0 Å². The van der Waals surface area contributed by atoms with Gasteiger partial charge in [0.15, 0.2) is 0 Å². The first-order valence-corrected chi connectivity index (χ1v) is 8.00. The van der Waals surface area contributed by atoms with Crippen molar-refractivity contribution >= 4 is 41.2 Å². The smallest absolute Gasteiger partial charge is 0.330 e. The summed E-state index contributed by atoms with van der Waals surface area (Å²) in [7, 11) is 0. The monoisotopic (exact) mass is 353 g/mol. The summed E-state index contributed by atoms with van der Waals surface area (Å²) in [5, 5.41) is 0.928. The number of carbonyl (C=O) groups excluding carboxylic acids is 2. The summed E-state index contributed by atoms with van der Waals surface area (Å²) in [6, 6.07) is 5.18. The van der Waals surface area contributed by atoms with E-state index >= 15 is 0 Å². The Kier molecular flexibility index (Phi) is 6.25. The molecule has 1 aliphatic heterocycles. The van der Waals surface area contributed by atoms with Gasteiger partial charge in [-0.3, -0.25) is 4.79 Å². The number of benzene rings is 1. The Morgan fingerprint density at radius 2 is 1.91 bits per heavy atom. The lowest BCUT2D eigenvalue weighted by molar-refractivity contribution is -0.145. The summed E-state index contributed by atoms with van der Waals surface area (Å²) in [6.07, 6.45) is 5.47. The number of hydrogen-bond donors (Lipinski definition) is 0. The van der Waals surface area contributed by atoms with Crippen molar-refractivity contribution in [3.63, 3.8) is 0 Å². The number of carbonyl (C=O) groups is 2. The Bertz CT molecular complexity index is 635. The van der Waals surface area contributed by atoms with Crippen LogP contribution in [0.2, 0.25) is 10.0 Å². The summed E-state index contributed by atoms with van der Waals surface area (Å²) in [5.74, 6) is -0.501. The third kappa shape index (κ3) is 5.12. The van der Waals surface area contributed by atoms with Crippen LogP contribution in [0.4, 0.5) is 0 Å². The lowest BCUT2D eigenvalue weighted by Crippen LogP contribution is -2.40. The molecule has 0 N–H and O–H groups in total. The maximum absolute atomic E-state index is 12.2. The lowest BCUT2D eigenvalue weighted by atomic mass is 10.1. The van der Waals surface area contributed by atoms with Gasteiger partial charge in [-0.05, 0) is 23.8 Å². The Morgan fingerprint density at radius 1 is 1.22 bits per heavy atom. The fourth-order valence-electron chi connectivity index (χ4n) is 2.30. The second-order valence-electron chi connectivity index (χ2n) is 5.17. The second kappa shape index (κ2) is 8.18. The predicted molar refractivity (Wildman–Crippen MR) is 91.4 cm³/mol. The first-order valence-electron chi connectivity index (χ1n) is 7.24. The van der Waals surface area contributed by atoms with Crippen LogP contribution < -0.4 is 0 Å². The van der Waals surface area contributed by atoms with Crippen LogP contribution in [0.25, 0.3) is 6.08 Å². The van der Waals surface area contributed by atoms with Gasteiger partial charge in [-0.1, -0.05) is 35.8 Å². The number of ether oxygens (including phenoxy) is 1. The van der Waals surface area contributed by atoms with Gasteiger partial charge < -0.3 is 9.64 Å². The lowest BCUT2D eigenvalue weighted by Gasteiger charge is -2.30. The third-order valence-electron chi connectivity index (χ3n) is 3.57. The number of nitrogens with zero attached hydrogens (tertiary/aromatic N) is 1. The van der Waals surface area contributed by atoms with Crippen molar-refractivity contribution in [3.8, 4) is 0 Å². The van der Waals surface area contributed by atoms with Crippen LogP contribution in [-0.2, 0) is 14.3 Å². The van der Waals surface area contributed by atoms with Crippen LogP contribution in [0.15, 0.2) is 36.9 Å². The minimum Gasteiger partial charge on any atom is -0.459 e. The molecule has 1 heterocycles. The van der Waals surface area contributed by atoms with E-state index < -0.39 is 5.97 Å². The second-order valence-corrected chi connectivity index (χ2v) is 5.99. The maximum atomic E-state index is 12.2. The average molecular weight is 354 g/mol. The molecule has 6 heteroatoms. The number of hydrogen-bond acceptors (Lipinski definition) is 3. The van der Waals surface area contributed by atoms with Crippen LogP contribution >= 0.6 is 23.2 Å². The van der Waals surface area contributed by atoms with Gasteiger partial charge in [-0.15, -0.1) is 0 Å². The largest absolute Gasteiger partial charge is 0.459 e. The molecule has 4 nitrogen and oxygen atoms in total. The minimum atomic E-state index is -0.422. The number of piperidine rings is 1. The van der Waals surface area contributed by atoms with Crippen molar-refractivity contribution in [1.82, 2.24) is 4.90 Å². The molecule has 0 unspecified atom stereocenters. The molecule has 23 heavy (non-hydrogen) atoms. The molecular weight excluding hydrogens is 337 g/mol. The molecule has 1 aromatic rings. The molecule has 1 aliphatic rings. The molecule has 2 rings (SSSR count). The van der Waals surface area contributed by atoms with Gasteiger partial charge in [0.1, 0.15) is 6.10 Å². The highest BCUT2D eigenvalue weighted by atomic mass is 35.5. The summed E-state index contributed by atoms with van der Waals surface area (Å²) < 4.78 is 5.18. The van der Waals surface area contributed by atoms with E-state index in [1.165, 1.54) is 6.08 Å². The van der Waals surface area contributed by atoms with Gasteiger partial charge in [-0.25, -0.2) is 4.79 Å². The first-order chi connectivity index (χ1) is 11.0. The SMILES string of the molecule is C=CC(=O)OC1CCN(C(=O)/C=C/c2ccc(Cl)c(Cl)c2)CC1. The molecule has 0 aromatic heterocycles. The topological polar surface area (TPSA) is 46.6 Å². The molecule has 0 atom stereocenters. The highest BCUT2D eigenvalue weighted by Gasteiger charge is 2.23. The Morgan fingerprint density at radius 3 is 2.52 bits per heavy atom. The van der Waals surface area contributed by atoms with E-state index in [9.17, 15) is 9.59 Å². The van der Waals surface area contributed by atoms with Gasteiger partial charge in [0.25, 0.3) is 0 Å². The van der Waals surface area contributed by atoms with Crippen molar-refractivity contribution in [3.05, 3.63) is 52.5 Å². The first kappa shape index (κ1) is 17.6. The average Bonchev–Trinajstić information content (AvgIpc) is 2.56. The van der Waals surface area contributed by atoms with Crippen molar-refractivity contribution in [2.24, 2.45) is 0 Å². The number of esters is 1. The zero-order chi connectivity index (χ0) is 16.8. The van der Waals surface area contributed by atoms with Crippen molar-refractivity contribution in [2.45, 2.75) is 18.9 Å². The van der Waals surface area contributed by atoms with Crippen molar-refractivity contribution < 1.29 is 14.3 Å². The number of rotatable bonds is 4. The molecule has 122 valence electrons. The Labute approximate surface area is 145 Å². The van der Waals surface area contributed by atoms with Crippen molar-refractivity contribution in [1.29, 1.82) is 0 Å². The number of likely N-dealkylation sites (tertiary alicyclic amines) is 1. The Balaban J connectivity index is 1.87. The Hall–Kier alpha value is -1.78. The molecule has 0 spiro atoms. The predicted octanol–water partition coefficient (Wildman–Crippen LogP) is 3.73. The van der Waals surface area contributed by atoms with E-state index in [1.54, 1.807) is 29.2 Å². The fourth-order valence-corrected chi connectivity index (χ4v) is 2.60. The molecular formula is C17H17Cl2NO3. The highest BCUT2D eigenvalue weighted by molar-refractivity contribution is 6.42. The third-order valence-corrected chi connectivity index (χ3v) is 4.30. The zero-order valence-corrected chi connectivity index (χ0v) is 14.0. The number of amides is 1. The summed E-state index contributed by atoms with van der Waals surface area (Å²) in [5.41, 5.74) is 0.808. The van der Waals surface area contributed by atoms with Gasteiger partial charge in [0, 0.05) is 38.1 Å². The van der Waals surface area contributed by atoms with Gasteiger partial charge >= 0.3 is 5.97 Å². The molecule has 1 saturated heterocycles. The summed E-state index contributed by atoms with van der Waals surface area (Å²) in [4.78, 5) is 25.0. The van der Waals surface area contributed by atoms with Crippen molar-refractivity contribution in [2.75, 3.05) is 13.1 Å². The molecule has 0 radical (unpaired) electrons. The van der Waals surface area contributed by atoms with Crippen LogP contribution in [0.5, 0.6) is 0 Å². The highest BCUT2D eigenvalue weighted by Crippen LogP contribution is 2.23. The molecule has 0 aliphatic carbocycles.